The molecule has 7 heteroatoms. The summed E-state index contributed by atoms with van der Waals surface area (Å²) in [5, 5.41) is 17.6. The molecule has 1 aliphatic carbocycles. The molecular weight excluding hydrogens is 280 g/mol. The van der Waals surface area contributed by atoms with Crippen molar-refractivity contribution in [2.24, 2.45) is 0 Å². The van der Waals surface area contributed by atoms with Gasteiger partial charge in [0.2, 0.25) is 10.0 Å². The molecule has 0 aromatic heterocycles. The maximum atomic E-state index is 12.3. The van der Waals surface area contributed by atoms with Gasteiger partial charge in [-0.25, -0.2) is 8.42 Å². The Kier molecular flexibility index (Phi) is 4.06. The Hall–Kier alpha value is -1.91. The van der Waals surface area contributed by atoms with E-state index in [0.717, 1.165) is 4.31 Å². The van der Waals surface area contributed by atoms with Crippen LogP contribution in [0.1, 0.15) is 24.0 Å². The van der Waals surface area contributed by atoms with Crippen molar-refractivity contribution in [3.8, 4) is 6.07 Å². The molecule has 0 unspecified atom stereocenters. The van der Waals surface area contributed by atoms with Gasteiger partial charge in [0.05, 0.1) is 17.4 Å². The zero-order valence-corrected chi connectivity index (χ0v) is 11.5. The first-order valence-corrected chi connectivity index (χ1v) is 7.73. The number of hydrogen-bond donors (Lipinski definition) is 1. The average Bonchev–Trinajstić information content (AvgIpc) is 3.19. The lowest BCUT2D eigenvalue weighted by atomic mass is 10.2. The minimum absolute atomic E-state index is 0.199. The van der Waals surface area contributed by atoms with Crippen molar-refractivity contribution in [1.29, 1.82) is 5.26 Å². The largest absolute Gasteiger partial charge is 0.480 e. The van der Waals surface area contributed by atoms with Crippen molar-refractivity contribution >= 4 is 16.0 Å². The van der Waals surface area contributed by atoms with Crippen molar-refractivity contribution in [1.82, 2.24) is 4.31 Å². The first kappa shape index (κ1) is 14.5. The molecule has 1 aromatic rings. The van der Waals surface area contributed by atoms with E-state index in [1.807, 2.05) is 6.07 Å². The van der Waals surface area contributed by atoms with Gasteiger partial charge in [0, 0.05) is 6.04 Å². The first-order valence-electron chi connectivity index (χ1n) is 6.13. The van der Waals surface area contributed by atoms with Crippen molar-refractivity contribution in [2.45, 2.75) is 24.6 Å². The maximum Gasteiger partial charge on any atom is 0.318 e. The van der Waals surface area contributed by atoms with Crippen LogP contribution in [0.5, 0.6) is 0 Å². The molecule has 0 amide bonds. The molecule has 0 aliphatic heterocycles. The number of carboxylic acid groups (broad SMARTS) is 1. The number of nitrogens with zero attached hydrogens (tertiary/aromatic N) is 2. The summed E-state index contributed by atoms with van der Waals surface area (Å²) in [6, 6.07) is 8.07. The van der Waals surface area contributed by atoms with Crippen LogP contribution in [0.2, 0.25) is 0 Å². The Morgan fingerprint density at radius 2 is 2.15 bits per heavy atom. The van der Waals surface area contributed by atoms with Crippen LogP contribution in [-0.4, -0.2) is 36.4 Å². The fourth-order valence-electron chi connectivity index (χ4n) is 1.97. The van der Waals surface area contributed by atoms with Crippen molar-refractivity contribution < 1.29 is 18.3 Å². The summed E-state index contributed by atoms with van der Waals surface area (Å²) < 4.78 is 25.6. The highest BCUT2D eigenvalue weighted by molar-refractivity contribution is 7.88. The van der Waals surface area contributed by atoms with Gasteiger partial charge in [-0.1, -0.05) is 12.1 Å². The standard InChI is InChI=1S/C13H14N2O4S/c14-7-10-2-1-3-11(6-10)9-20(18,19)15(8-13(16)17)12-4-5-12/h1-3,6,12H,4-5,8-9H2,(H,16,17). The fraction of sp³-hybridized carbons (Fsp3) is 0.385. The number of carbonyl (C=O) groups is 1. The normalized spacial score (nSPS) is 15.0. The van der Waals surface area contributed by atoms with Crippen LogP contribution in [0.3, 0.4) is 0 Å². The van der Waals surface area contributed by atoms with Gasteiger partial charge in [0.15, 0.2) is 0 Å². The molecular formula is C13H14N2O4S. The Morgan fingerprint density at radius 1 is 1.45 bits per heavy atom. The van der Waals surface area contributed by atoms with Crippen LogP contribution in [0.25, 0.3) is 0 Å². The summed E-state index contributed by atoms with van der Waals surface area (Å²) in [7, 11) is -3.69. The van der Waals surface area contributed by atoms with Crippen LogP contribution in [0, 0.1) is 11.3 Å². The Morgan fingerprint density at radius 3 is 2.70 bits per heavy atom. The predicted molar refractivity (Wildman–Crippen MR) is 71.1 cm³/mol. The Labute approximate surface area is 117 Å². The third kappa shape index (κ3) is 3.56. The summed E-state index contributed by atoms with van der Waals surface area (Å²) in [6.45, 7) is -0.509. The maximum absolute atomic E-state index is 12.3. The topological polar surface area (TPSA) is 98.5 Å². The van der Waals surface area contributed by atoms with E-state index in [1.165, 1.54) is 6.07 Å². The third-order valence-corrected chi connectivity index (χ3v) is 4.85. The Balaban J connectivity index is 2.20. The quantitative estimate of drug-likeness (QED) is 0.841. The molecule has 1 fully saturated rings. The second kappa shape index (κ2) is 5.61. The third-order valence-electron chi connectivity index (χ3n) is 3.01. The minimum atomic E-state index is -3.69. The lowest BCUT2D eigenvalue weighted by Gasteiger charge is -2.19. The highest BCUT2D eigenvalue weighted by Crippen LogP contribution is 2.30. The molecule has 1 saturated carbocycles. The van der Waals surface area contributed by atoms with E-state index in [2.05, 4.69) is 0 Å². The highest BCUT2D eigenvalue weighted by Gasteiger charge is 2.38. The molecule has 0 radical (unpaired) electrons. The smallest absolute Gasteiger partial charge is 0.318 e. The number of hydrogen-bond acceptors (Lipinski definition) is 4. The predicted octanol–water partition coefficient (Wildman–Crippen LogP) is 0.937. The molecule has 106 valence electrons. The molecule has 0 bridgehead atoms. The molecule has 0 saturated heterocycles. The molecule has 20 heavy (non-hydrogen) atoms. The molecule has 1 aromatic carbocycles. The lowest BCUT2D eigenvalue weighted by molar-refractivity contribution is -0.137. The van der Waals surface area contributed by atoms with E-state index in [4.69, 9.17) is 10.4 Å². The number of nitriles is 1. The monoisotopic (exact) mass is 294 g/mol. The number of sulfonamides is 1. The van der Waals surface area contributed by atoms with E-state index in [9.17, 15) is 13.2 Å². The van der Waals surface area contributed by atoms with E-state index in [1.54, 1.807) is 18.2 Å². The van der Waals surface area contributed by atoms with Crippen LogP contribution >= 0.6 is 0 Å². The summed E-state index contributed by atoms with van der Waals surface area (Å²) in [4.78, 5) is 10.8. The molecule has 1 N–H and O–H groups in total. The van der Waals surface area contributed by atoms with E-state index in [-0.39, 0.29) is 11.8 Å². The number of rotatable bonds is 6. The summed E-state index contributed by atoms with van der Waals surface area (Å²) in [5.74, 6) is -1.45. The molecule has 0 spiro atoms. The van der Waals surface area contributed by atoms with Crippen LogP contribution in [0.15, 0.2) is 24.3 Å². The molecule has 0 atom stereocenters. The minimum Gasteiger partial charge on any atom is -0.480 e. The second-order valence-corrected chi connectivity index (χ2v) is 6.66. The van der Waals surface area contributed by atoms with Gasteiger partial charge in [-0.05, 0) is 30.5 Å². The van der Waals surface area contributed by atoms with Crippen molar-refractivity contribution in [3.05, 3.63) is 35.4 Å². The van der Waals surface area contributed by atoms with Crippen LogP contribution in [0.4, 0.5) is 0 Å². The fourth-order valence-corrected chi connectivity index (χ4v) is 3.71. The van der Waals surface area contributed by atoms with Gasteiger partial charge in [-0.15, -0.1) is 0 Å². The average molecular weight is 294 g/mol. The molecule has 0 heterocycles. The summed E-state index contributed by atoms with van der Waals surface area (Å²) in [6.07, 6.45) is 1.40. The zero-order valence-electron chi connectivity index (χ0n) is 10.7. The number of benzene rings is 1. The van der Waals surface area contributed by atoms with Gasteiger partial charge in [0.25, 0.3) is 0 Å². The van der Waals surface area contributed by atoms with E-state index in [0.29, 0.717) is 24.0 Å². The zero-order chi connectivity index (χ0) is 14.8. The van der Waals surface area contributed by atoms with Crippen LogP contribution < -0.4 is 0 Å². The summed E-state index contributed by atoms with van der Waals surface area (Å²) in [5.41, 5.74) is 0.869. The second-order valence-electron chi connectivity index (χ2n) is 4.74. The van der Waals surface area contributed by atoms with Crippen molar-refractivity contribution in [3.63, 3.8) is 0 Å². The lowest BCUT2D eigenvalue weighted by Crippen LogP contribution is -2.38. The van der Waals surface area contributed by atoms with Gasteiger partial charge < -0.3 is 5.11 Å². The van der Waals surface area contributed by atoms with Crippen molar-refractivity contribution in [2.75, 3.05) is 6.54 Å². The molecule has 2 rings (SSSR count). The molecule has 1 aliphatic rings. The Bertz CT molecular complexity index is 659. The molecule has 6 nitrogen and oxygen atoms in total. The summed E-state index contributed by atoms with van der Waals surface area (Å²) >= 11 is 0. The van der Waals surface area contributed by atoms with Gasteiger partial charge >= 0.3 is 5.97 Å². The van der Waals surface area contributed by atoms with Gasteiger partial charge in [-0.2, -0.15) is 9.57 Å². The SMILES string of the molecule is N#Cc1cccc(CS(=O)(=O)N(CC(=O)O)C2CC2)c1. The number of aliphatic carboxylic acids is 1. The highest BCUT2D eigenvalue weighted by atomic mass is 32.2. The van der Waals surface area contributed by atoms with E-state index >= 15 is 0 Å². The van der Waals surface area contributed by atoms with Crippen LogP contribution in [-0.2, 0) is 20.6 Å². The number of carboxylic acids is 1. The van der Waals surface area contributed by atoms with Gasteiger partial charge in [-0.3, -0.25) is 4.79 Å². The first-order chi connectivity index (χ1) is 9.42. The van der Waals surface area contributed by atoms with Gasteiger partial charge in [0.1, 0.15) is 6.54 Å². The van der Waals surface area contributed by atoms with E-state index < -0.39 is 22.5 Å².